The van der Waals surface area contributed by atoms with Gasteiger partial charge in [0.05, 0.1) is 16.6 Å². The van der Waals surface area contributed by atoms with E-state index in [2.05, 4.69) is 24.1 Å². The summed E-state index contributed by atoms with van der Waals surface area (Å²) in [5.74, 6) is -0.590. The highest BCUT2D eigenvalue weighted by atomic mass is 35.5. The van der Waals surface area contributed by atoms with Gasteiger partial charge < -0.3 is 15.0 Å². The van der Waals surface area contributed by atoms with Gasteiger partial charge in [0.1, 0.15) is 11.9 Å². The molecule has 1 fully saturated rings. The molecule has 1 aliphatic rings. The molecule has 7 nitrogen and oxygen atoms in total. The number of fused-ring (bicyclic) bond motifs is 3. The molecule has 3 aromatic rings. The van der Waals surface area contributed by atoms with Gasteiger partial charge in [0, 0.05) is 35.6 Å². The summed E-state index contributed by atoms with van der Waals surface area (Å²) >= 11 is 6.33. The van der Waals surface area contributed by atoms with Crippen molar-refractivity contribution >= 4 is 39.9 Å². The Bertz CT molecular complexity index is 1220. The summed E-state index contributed by atoms with van der Waals surface area (Å²) in [5, 5.41) is 4.73. The predicted octanol–water partition coefficient (Wildman–Crippen LogP) is 4.23. The van der Waals surface area contributed by atoms with Gasteiger partial charge >= 0.3 is 5.97 Å². The molecule has 170 valence electrons. The van der Waals surface area contributed by atoms with Crippen molar-refractivity contribution in [2.75, 3.05) is 13.1 Å². The molecule has 1 aliphatic heterocycles. The minimum atomic E-state index is -0.656. The Morgan fingerprint density at radius 3 is 2.47 bits per heavy atom. The molecule has 2 aromatic heterocycles. The second-order valence-corrected chi connectivity index (χ2v) is 10.1. The lowest BCUT2D eigenvalue weighted by Crippen LogP contribution is -2.55. The summed E-state index contributed by atoms with van der Waals surface area (Å²) in [4.78, 5) is 33.0. The van der Waals surface area contributed by atoms with E-state index in [0.717, 1.165) is 10.9 Å². The predicted molar refractivity (Wildman–Crippen MR) is 126 cm³/mol. The molecule has 0 bridgehead atoms. The highest BCUT2D eigenvalue weighted by molar-refractivity contribution is 6.31. The van der Waals surface area contributed by atoms with Crippen molar-refractivity contribution in [1.29, 1.82) is 0 Å². The van der Waals surface area contributed by atoms with E-state index in [1.54, 1.807) is 18.5 Å². The number of nitrogens with one attached hydrogen (secondary N) is 1. The molecule has 2 atom stereocenters. The Morgan fingerprint density at radius 1 is 1.19 bits per heavy atom. The third kappa shape index (κ3) is 4.07. The van der Waals surface area contributed by atoms with Gasteiger partial charge in [-0.2, -0.15) is 0 Å². The van der Waals surface area contributed by atoms with Gasteiger partial charge in [0.25, 0.3) is 5.91 Å². The van der Waals surface area contributed by atoms with E-state index in [-0.39, 0.29) is 23.7 Å². The maximum Gasteiger partial charge on any atom is 0.359 e. The Labute approximate surface area is 192 Å². The molecule has 0 spiro atoms. The molecular weight excluding hydrogens is 428 g/mol. The van der Waals surface area contributed by atoms with Gasteiger partial charge in [-0.05, 0) is 65.3 Å². The number of imidazole rings is 1. The number of benzene rings is 1. The molecule has 1 N–H and O–H groups in total. The van der Waals surface area contributed by atoms with Crippen molar-refractivity contribution in [2.45, 2.75) is 59.2 Å². The molecule has 8 heteroatoms. The third-order valence-corrected chi connectivity index (χ3v) is 5.87. The summed E-state index contributed by atoms with van der Waals surface area (Å²) in [6, 6.07) is 5.81. The van der Waals surface area contributed by atoms with Crippen molar-refractivity contribution in [2.24, 2.45) is 0 Å². The molecule has 0 unspecified atom stereocenters. The van der Waals surface area contributed by atoms with Crippen LogP contribution in [-0.2, 0) is 4.74 Å². The largest absolute Gasteiger partial charge is 0.455 e. The zero-order chi connectivity index (χ0) is 23.4. The number of nitrogens with zero attached hydrogens (tertiary/aromatic N) is 3. The Hall–Kier alpha value is -2.64. The zero-order valence-corrected chi connectivity index (χ0v) is 20.1. The van der Waals surface area contributed by atoms with Gasteiger partial charge in [-0.3, -0.25) is 9.20 Å². The van der Waals surface area contributed by atoms with Gasteiger partial charge in [0.15, 0.2) is 5.69 Å². The third-order valence-electron chi connectivity index (χ3n) is 5.64. The molecule has 0 radical (unpaired) electrons. The molecule has 0 aliphatic carbocycles. The second-order valence-electron chi connectivity index (χ2n) is 9.65. The first-order chi connectivity index (χ1) is 15.0. The molecule has 1 aromatic carbocycles. The topological polar surface area (TPSA) is 75.9 Å². The van der Waals surface area contributed by atoms with Crippen LogP contribution < -0.4 is 5.32 Å². The highest BCUT2D eigenvalue weighted by Crippen LogP contribution is 2.32. The first-order valence-electron chi connectivity index (χ1n) is 10.8. The number of hydrogen-bond acceptors (Lipinski definition) is 5. The molecule has 4 rings (SSSR count). The number of aromatic nitrogens is 2. The standard InChI is InChI=1S/C24H29ClN4O3/c1-13-10-28(11-14(2)27-13)22(30)19-15(3)21-20(23(31)32-24(4,5)6)26-12-29(21)18-8-7-16(25)9-17(18)19/h7-9,12-14,27H,10-11H2,1-6H3/t13-,14+. The molecule has 32 heavy (non-hydrogen) atoms. The van der Waals surface area contributed by atoms with Crippen LogP contribution in [0.5, 0.6) is 0 Å². The van der Waals surface area contributed by atoms with Crippen molar-refractivity contribution in [1.82, 2.24) is 19.6 Å². The van der Waals surface area contributed by atoms with Gasteiger partial charge in [-0.25, -0.2) is 9.78 Å². The monoisotopic (exact) mass is 456 g/mol. The molecule has 1 amide bonds. The number of halogens is 1. The number of ether oxygens (including phenoxy) is 1. The number of piperazine rings is 1. The fourth-order valence-corrected chi connectivity index (χ4v) is 4.70. The van der Waals surface area contributed by atoms with Crippen LogP contribution >= 0.6 is 11.6 Å². The lowest BCUT2D eigenvalue weighted by Gasteiger charge is -2.36. The first kappa shape index (κ1) is 22.6. The summed E-state index contributed by atoms with van der Waals surface area (Å²) in [6.45, 7) is 12.6. The molecule has 1 saturated heterocycles. The Morgan fingerprint density at radius 2 is 1.84 bits per heavy atom. The van der Waals surface area contributed by atoms with Crippen LogP contribution in [0.1, 0.15) is 61.0 Å². The van der Waals surface area contributed by atoms with E-state index in [1.165, 1.54) is 0 Å². The number of rotatable bonds is 2. The number of aryl methyl sites for hydroxylation is 1. The van der Waals surface area contributed by atoms with E-state index in [1.807, 2.05) is 43.1 Å². The van der Waals surface area contributed by atoms with Gasteiger partial charge in [0.2, 0.25) is 0 Å². The van der Waals surface area contributed by atoms with E-state index in [0.29, 0.717) is 34.8 Å². The SMILES string of the molecule is Cc1c(C(=O)N2C[C@@H](C)N[C@@H](C)C2)c2cc(Cl)ccc2n2cnc(C(=O)OC(C)(C)C)c12. The van der Waals surface area contributed by atoms with Crippen LogP contribution in [0.3, 0.4) is 0 Å². The molecular formula is C24H29ClN4O3. The fourth-order valence-electron chi connectivity index (χ4n) is 4.53. The first-order valence-corrected chi connectivity index (χ1v) is 11.2. The van der Waals surface area contributed by atoms with Crippen LogP contribution in [-0.4, -0.2) is 56.9 Å². The molecule has 0 saturated carbocycles. The zero-order valence-electron chi connectivity index (χ0n) is 19.3. The molecule has 3 heterocycles. The lowest BCUT2D eigenvalue weighted by atomic mass is 9.99. The maximum atomic E-state index is 13.8. The van der Waals surface area contributed by atoms with Crippen LogP contribution in [0, 0.1) is 6.92 Å². The Balaban J connectivity index is 1.95. The minimum Gasteiger partial charge on any atom is -0.455 e. The lowest BCUT2D eigenvalue weighted by molar-refractivity contribution is 0.00655. The number of amides is 1. The summed E-state index contributed by atoms with van der Waals surface area (Å²) < 4.78 is 7.42. The average Bonchev–Trinajstić information content (AvgIpc) is 3.11. The smallest absolute Gasteiger partial charge is 0.359 e. The quantitative estimate of drug-likeness (QED) is 0.584. The summed E-state index contributed by atoms with van der Waals surface area (Å²) in [5.41, 5.74) is 2.11. The maximum absolute atomic E-state index is 13.8. The van der Waals surface area contributed by atoms with Crippen molar-refractivity contribution in [3.05, 3.63) is 46.4 Å². The number of hydrogen-bond donors (Lipinski definition) is 1. The highest BCUT2D eigenvalue weighted by Gasteiger charge is 2.31. The van der Waals surface area contributed by atoms with E-state index in [4.69, 9.17) is 16.3 Å². The number of pyridine rings is 1. The van der Waals surface area contributed by atoms with Crippen LogP contribution in [0.2, 0.25) is 5.02 Å². The van der Waals surface area contributed by atoms with Crippen molar-refractivity contribution in [3.8, 4) is 0 Å². The Kier molecular flexibility index (Phi) is 5.67. The summed E-state index contributed by atoms with van der Waals surface area (Å²) in [7, 11) is 0. The van der Waals surface area contributed by atoms with Crippen LogP contribution in [0.15, 0.2) is 24.5 Å². The fraction of sp³-hybridized carbons (Fsp3) is 0.458. The van der Waals surface area contributed by atoms with Crippen LogP contribution in [0.4, 0.5) is 0 Å². The number of carbonyl (C=O) groups excluding carboxylic acids is 2. The normalized spacial score (nSPS) is 19.5. The second kappa shape index (κ2) is 8.05. The van der Waals surface area contributed by atoms with Crippen LogP contribution in [0.25, 0.3) is 16.4 Å². The van der Waals surface area contributed by atoms with E-state index < -0.39 is 11.6 Å². The average molecular weight is 457 g/mol. The number of esters is 1. The van der Waals surface area contributed by atoms with Gasteiger partial charge in [-0.15, -0.1) is 0 Å². The van der Waals surface area contributed by atoms with Crippen molar-refractivity contribution in [3.63, 3.8) is 0 Å². The van der Waals surface area contributed by atoms with Crippen molar-refractivity contribution < 1.29 is 14.3 Å². The van der Waals surface area contributed by atoms with E-state index in [9.17, 15) is 9.59 Å². The summed E-state index contributed by atoms with van der Waals surface area (Å²) in [6.07, 6.45) is 1.60. The van der Waals surface area contributed by atoms with E-state index >= 15 is 0 Å². The van der Waals surface area contributed by atoms with Gasteiger partial charge in [-0.1, -0.05) is 11.6 Å². The minimum absolute atomic E-state index is 0.0752. The number of carbonyl (C=O) groups is 2.